The van der Waals surface area contributed by atoms with E-state index in [1.807, 2.05) is 13.0 Å². The average Bonchev–Trinajstić information content (AvgIpc) is 2.72. The first kappa shape index (κ1) is 26.6. The van der Waals surface area contributed by atoms with E-state index in [0.29, 0.717) is 24.4 Å². The Balaban J connectivity index is 1.70. The Bertz CT molecular complexity index is 709. The first-order valence-electron chi connectivity index (χ1n) is 12.4. The molecule has 0 amide bonds. The van der Waals surface area contributed by atoms with Crippen LogP contribution in [0.15, 0.2) is 47.6 Å². The predicted octanol–water partition coefficient (Wildman–Crippen LogP) is 5.63. The Labute approximate surface area is 197 Å². The van der Waals surface area contributed by atoms with Crippen LogP contribution in [0.4, 0.5) is 0 Å². The summed E-state index contributed by atoms with van der Waals surface area (Å²) in [6, 6.07) is 0. The molecule has 1 aliphatic heterocycles. The summed E-state index contributed by atoms with van der Waals surface area (Å²) in [5.74, 6) is 1.29. The zero-order valence-corrected chi connectivity index (χ0v) is 21.4. The van der Waals surface area contributed by atoms with Crippen LogP contribution in [0, 0.1) is 17.3 Å². The Morgan fingerprint density at radius 3 is 2.50 bits per heavy atom. The number of likely N-dealkylation sites (N-methyl/N-ethyl adjacent to an activating group) is 1. The van der Waals surface area contributed by atoms with Gasteiger partial charge < -0.3 is 14.5 Å². The molecular formula is C28H46N2O2. The van der Waals surface area contributed by atoms with Crippen molar-refractivity contribution in [1.29, 1.82) is 0 Å². The minimum atomic E-state index is -0.113. The summed E-state index contributed by atoms with van der Waals surface area (Å²) >= 11 is 0. The topological polar surface area (TPSA) is 32.8 Å². The van der Waals surface area contributed by atoms with Crippen molar-refractivity contribution in [3.05, 3.63) is 47.6 Å². The fourth-order valence-corrected chi connectivity index (χ4v) is 4.84. The van der Waals surface area contributed by atoms with Crippen molar-refractivity contribution in [2.75, 3.05) is 46.4 Å². The Kier molecular flexibility index (Phi) is 10.9. The van der Waals surface area contributed by atoms with Crippen molar-refractivity contribution in [3.8, 4) is 0 Å². The van der Waals surface area contributed by atoms with E-state index in [2.05, 4.69) is 74.9 Å². The maximum Gasteiger partial charge on any atom is 0.307 e. The summed E-state index contributed by atoms with van der Waals surface area (Å²) in [6.45, 7) is 16.8. The van der Waals surface area contributed by atoms with E-state index in [0.717, 1.165) is 44.2 Å². The highest BCUT2D eigenvalue weighted by Gasteiger charge is 2.34. The van der Waals surface area contributed by atoms with Crippen molar-refractivity contribution in [2.45, 2.75) is 60.3 Å². The number of carbonyl (C=O) groups excluding carboxylic acids is 1. The second kappa shape index (κ2) is 13.2. The van der Waals surface area contributed by atoms with Crippen molar-refractivity contribution >= 4 is 5.97 Å². The van der Waals surface area contributed by atoms with Crippen LogP contribution in [0.25, 0.3) is 0 Å². The van der Waals surface area contributed by atoms with Crippen molar-refractivity contribution in [1.82, 2.24) is 9.80 Å². The fourth-order valence-electron chi connectivity index (χ4n) is 4.84. The SMILES string of the molecule is CC(/C=C/C1C(C)CCCC1(C)C)=C\C=C\C(C)=C\COC(=O)CCN1CCN(C)CC1. The van der Waals surface area contributed by atoms with Gasteiger partial charge in [-0.05, 0) is 50.6 Å². The summed E-state index contributed by atoms with van der Waals surface area (Å²) < 4.78 is 5.37. The van der Waals surface area contributed by atoms with E-state index in [-0.39, 0.29) is 5.97 Å². The predicted molar refractivity (Wildman–Crippen MR) is 136 cm³/mol. The Morgan fingerprint density at radius 1 is 1.09 bits per heavy atom. The largest absolute Gasteiger partial charge is 0.461 e. The van der Waals surface area contributed by atoms with Gasteiger partial charge in [-0.2, -0.15) is 0 Å². The lowest BCUT2D eigenvalue weighted by Gasteiger charge is -2.41. The molecule has 1 aliphatic carbocycles. The number of hydrogen-bond donors (Lipinski definition) is 0. The maximum atomic E-state index is 12.0. The average molecular weight is 443 g/mol. The van der Waals surface area contributed by atoms with Crippen LogP contribution in [0.2, 0.25) is 0 Å². The van der Waals surface area contributed by atoms with Crippen LogP contribution >= 0.6 is 0 Å². The number of carbonyl (C=O) groups is 1. The second-order valence-corrected chi connectivity index (χ2v) is 10.5. The van der Waals surface area contributed by atoms with Crippen LogP contribution in [0.3, 0.4) is 0 Å². The zero-order valence-electron chi connectivity index (χ0n) is 21.4. The highest BCUT2D eigenvalue weighted by molar-refractivity contribution is 5.69. The molecule has 0 bridgehead atoms. The molecule has 0 radical (unpaired) electrons. The molecule has 2 rings (SSSR count). The Morgan fingerprint density at radius 2 is 1.81 bits per heavy atom. The normalized spacial score (nSPS) is 26.2. The van der Waals surface area contributed by atoms with Crippen molar-refractivity contribution < 1.29 is 9.53 Å². The lowest BCUT2D eigenvalue weighted by molar-refractivity contribution is -0.142. The molecule has 1 saturated heterocycles. The van der Waals surface area contributed by atoms with Crippen LogP contribution in [0.1, 0.15) is 60.3 Å². The molecule has 32 heavy (non-hydrogen) atoms. The molecule has 2 unspecified atom stereocenters. The first-order valence-corrected chi connectivity index (χ1v) is 12.4. The molecular weight excluding hydrogens is 396 g/mol. The number of ether oxygens (including phenoxy) is 1. The smallest absolute Gasteiger partial charge is 0.307 e. The second-order valence-electron chi connectivity index (χ2n) is 10.5. The van der Waals surface area contributed by atoms with E-state index >= 15 is 0 Å². The number of nitrogens with zero attached hydrogens (tertiary/aromatic N) is 2. The third-order valence-corrected chi connectivity index (χ3v) is 7.16. The molecule has 2 atom stereocenters. The minimum absolute atomic E-state index is 0.113. The minimum Gasteiger partial charge on any atom is -0.461 e. The molecule has 1 saturated carbocycles. The van der Waals surface area contributed by atoms with Crippen LogP contribution in [-0.2, 0) is 9.53 Å². The molecule has 1 heterocycles. The van der Waals surface area contributed by atoms with Crippen molar-refractivity contribution in [2.24, 2.45) is 17.3 Å². The van der Waals surface area contributed by atoms with Gasteiger partial charge in [-0.15, -0.1) is 0 Å². The highest BCUT2D eigenvalue weighted by atomic mass is 16.5. The molecule has 0 aromatic heterocycles. The van der Waals surface area contributed by atoms with Crippen LogP contribution in [0.5, 0.6) is 0 Å². The molecule has 4 nitrogen and oxygen atoms in total. The van der Waals surface area contributed by atoms with E-state index in [1.165, 1.54) is 24.8 Å². The molecule has 2 aliphatic rings. The van der Waals surface area contributed by atoms with Gasteiger partial charge in [0.2, 0.25) is 0 Å². The summed E-state index contributed by atoms with van der Waals surface area (Å²) in [5.41, 5.74) is 2.76. The van der Waals surface area contributed by atoms with Crippen LogP contribution in [-0.4, -0.2) is 62.1 Å². The third kappa shape index (κ3) is 9.46. The Hall–Kier alpha value is -1.65. The summed E-state index contributed by atoms with van der Waals surface area (Å²) in [6.07, 6.45) is 17.5. The van der Waals surface area contributed by atoms with E-state index in [4.69, 9.17) is 4.74 Å². The van der Waals surface area contributed by atoms with Gasteiger partial charge in [0.1, 0.15) is 6.61 Å². The standard InChI is InChI=1S/C28H46N2O2/c1-23(12-13-26-25(3)11-8-16-28(26,4)5)9-7-10-24(2)15-22-32-27(31)14-17-30-20-18-29(6)19-21-30/h7,9-10,12-13,15,25-26H,8,11,14,16-22H2,1-6H3/b10-7+,13-12+,23-9+,24-15+. The van der Waals surface area contributed by atoms with Gasteiger partial charge in [0.15, 0.2) is 0 Å². The summed E-state index contributed by atoms with van der Waals surface area (Å²) in [4.78, 5) is 16.6. The van der Waals surface area contributed by atoms with Crippen LogP contribution < -0.4 is 0 Å². The molecule has 0 spiro atoms. The van der Waals surface area contributed by atoms with E-state index < -0.39 is 0 Å². The van der Waals surface area contributed by atoms with Gasteiger partial charge >= 0.3 is 5.97 Å². The summed E-state index contributed by atoms with van der Waals surface area (Å²) in [7, 11) is 2.14. The molecule has 0 aromatic carbocycles. The molecule has 0 N–H and O–H groups in total. The van der Waals surface area contributed by atoms with Gasteiger partial charge in [0.05, 0.1) is 6.42 Å². The van der Waals surface area contributed by atoms with Gasteiger partial charge in [-0.25, -0.2) is 0 Å². The fraction of sp³-hybridized carbons (Fsp3) is 0.679. The maximum absolute atomic E-state index is 12.0. The lowest BCUT2D eigenvalue weighted by atomic mass is 9.64. The van der Waals surface area contributed by atoms with E-state index in [1.54, 1.807) is 0 Å². The molecule has 180 valence electrons. The van der Waals surface area contributed by atoms with Gasteiger partial charge in [-0.3, -0.25) is 4.79 Å². The lowest BCUT2D eigenvalue weighted by Crippen LogP contribution is -2.45. The number of rotatable bonds is 9. The van der Waals surface area contributed by atoms with Gasteiger partial charge in [0, 0.05) is 32.7 Å². The third-order valence-electron chi connectivity index (χ3n) is 7.16. The van der Waals surface area contributed by atoms with E-state index in [9.17, 15) is 4.79 Å². The zero-order chi connectivity index (χ0) is 23.6. The number of hydrogen-bond acceptors (Lipinski definition) is 4. The van der Waals surface area contributed by atoms with Gasteiger partial charge in [0.25, 0.3) is 0 Å². The number of piperazine rings is 1. The van der Waals surface area contributed by atoms with Gasteiger partial charge in [-0.1, -0.05) is 75.1 Å². The molecule has 0 aromatic rings. The number of esters is 1. The monoisotopic (exact) mass is 442 g/mol. The van der Waals surface area contributed by atoms with Crippen molar-refractivity contribution in [3.63, 3.8) is 0 Å². The summed E-state index contributed by atoms with van der Waals surface area (Å²) in [5, 5.41) is 0. The first-order chi connectivity index (χ1) is 15.2. The quantitative estimate of drug-likeness (QED) is 0.342. The highest BCUT2D eigenvalue weighted by Crippen LogP contribution is 2.44. The number of allylic oxidation sites excluding steroid dienone is 7. The molecule has 2 fully saturated rings. The molecule has 4 heteroatoms.